The van der Waals surface area contributed by atoms with E-state index < -0.39 is 12.0 Å². The van der Waals surface area contributed by atoms with E-state index in [0.717, 1.165) is 5.56 Å². The molecule has 114 valence electrons. The Morgan fingerprint density at radius 1 is 1.29 bits per heavy atom. The van der Waals surface area contributed by atoms with E-state index in [9.17, 15) is 9.59 Å². The van der Waals surface area contributed by atoms with E-state index in [4.69, 9.17) is 15.6 Å². The molecule has 0 bridgehead atoms. The van der Waals surface area contributed by atoms with Crippen LogP contribution < -0.4 is 5.73 Å². The smallest absolute Gasteiger partial charge is 0.329 e. The van der Waals surface area contributed by atoms with Crippen LogP contribution in [0.4, 0.5) is 0 Å². The average Bonchev–Trinajstić information content (AvgIpc) is 2.53. The number of carbonyl (C=O) groups excluding carboxylic acids is 1. The van der Waals surface area contributed by atoms with Gasteiger partial charge in [-0.25, -0.2) is 4.79 Å². The second kappa shape index (κ2) is 7.19. The van der Waals surface area contributed by atoms with Crippen LogP contribution in [0.15, 0.2) is 30.3 Å². The Labute approximate surface area is 123 Å². The number of nitrogens with two attached hydrogens (primary N) is 1. The Morgan fingerprint density at radius 3 is 2.48 bits per heavy atom. The first-order chi connectivity index (χ1) is 10.1. The highest BCUT2D eigenvalue weighted by Gasteiger charge is 2.27. The van der Waals surface area contributed by atoms with Crippen molar-refractivity contribution in [1.82, 2.24) is 4.90 Å². The number of rotatable bonds is 5. The molecular formula is C15H20N2O4. The maximum absolute atomic E-state index is 12.3. The fraction of sp³-hybridized carbons (Fsp3) is 0.467. The summed E-state index contributed by atoms with van der Waals surface area (Å²) in [5.41, 5.74) is 6.80. The molecule has 1 saturated heterocycles. The van der Waals surface area contributed by atoms with Gasteiger partial charge in [0.1, 0.15) is 12.6 Å². The van der Waals surface area contributed by atoms with E-state index in [-0.39, 0.29) is 18.6 Å². The minimum Gasteiger partial charge on any atom is -0.480 e. The molecule has 1 aliphatic heterocycles. The monoisotopic (exact) mass is 292 g/mol. The Balaban J connectivity index is 1.84. The number of carboxylic acid groups (broad SMARTS) is 1. The number of nitrogens with zero attached hydrogens (tertiary/aromatic N) is 1. The maximum Gasteiger partial charge on any atom is 0.329 e. The molecule has 1 amide bonds. The second-order valence-electron chi connectivity index (χ2n) is 5.12. The van der Waals surface area contributed by atoms with Gasteiger partial charge in [0.25, 0.3) is 0 Å². The number of amides is 1. The quantitative estimate of drug-likeness (QED) is 0.836. The molecule has 2 rings (SSSR count). The molecule has 0 saturated carbocycles. The SMILES string of the molecule is NC(C(=O)N1CCC(OCC(=O)O)CC1)c1ccccc1. The lowest BCUT2D eigenvalue weighted by Crippen LogP contribution is -2.45. The zero-order chi connectivity index (χ0) is 15.2. The van der Waals surface area contributed by atoms with Gasteiger partial charge in [-0.15, -0.1) is 0 Å². The van der Waals surface area contributed by atoms with Gasteiger partial charge in [-0.05, 0) is 18.4 Å². The van der Waals surface area contributed by atoms with E-state index in [1.807, 2.05) is 30.3 Å². The van der Waals surface area contributed by atoms with Crippen LogP contribution >= 0.6 is 0 Å². The second-order valence-corrected chi connectivity index (χ2v) is 5.12. The van der Waals surface area contributed by atoms with Crippen molar-refractivity contribution in [1.29, 1.82) is 0 Å². The summed E-state index contributed by atoms with van der Waals surface area (Å²) in [6.45, 7) is 0.801. The summed E-state index contributed by atoms with van der Waals surface area (Å²) in [5, 5.41) is 8.58. The third-order valence-electron chi connectivity index (χ3n) is 3.62. The normalized spacial score (nSPS) is 17.5. The van der Waals surface area contributed by atoms with Crippen molar-refractivity contribution >= 4 is 11.9 Å². The largest absolute Gasteiger partial charge is 0.480 e. The zero-order valence-corrected chi connectivity index (χ0v) is 11.8. The Morgan fingerprint density at radius 2 is 1.90 bits per heavy atom. The summed E-state index contributed by atoms with van der Waals surface area (Å²) in [6, 6.07) is 8.62. The number of hydrogen-bond acceptors (Lipinski definition) is 4. The zero-order valence-electron chi connectivity index (χ0n) is 11.8. The number of aliphatic carboxylic acids is 1. The number of carbonyl (C=O) groups is 2. The van der Waals surface area contributed by atoms with Gasteiger partial charge in [0, 0.05) is 13.1 Å². The van der Waals surface area contributed by atoms with Gasteiger partial charge in [0.05, 0.1) is 6.10 Å². The Hall–Kier alpha value is -1.92. The third-order valence-corrected chi connectivity index (χ3v) is 3.62. The summed E-state index contributed by atoms with van der Waals surface area (Å²) in [7, 11) is 0. The van der Waals surface area contributed by atoms with Gasteiger partial charge in [-0.3, -0.25) is 4.79 Å². The fourth-order valence-electron chi connectivity index (χ4n) is 2.43. The molecule has 1 atom stereocenters. The average molecular weight is 292 g/mol. The molecule has 21 heavy (non-hydrogen) atoms. The van der Waals surface area contributed by atoms with Crippen LogP contribution in [0.25, 0.3) is 0 Å². The van der Waals surface area contributed by atoms with E-state index in [1.54, 1.807) is 4.90 Å². The lowest BCUT2D eigenvalue weighted by atomic mass is 10.0. The van der Waals surface area contributed by atoms with E-state index in [0.29, 0.717) is 25.9 Å². The van der Waals surface area contributed by atoms with Crippen LogP contribution in [0, 0.1) is 0 Å². The Kier molecular flexibility index (Phi) is 5.30. The van der Waals surface area contributed by atoms with Crippen molar-refractivity contribution in [2.75, 3.05) is 19.7 Å². The molecule has 0 spiro atoms. The summed E-state index contributed by atoms with van der Waals surface area (Å²) < 4.78 is 5.25. The molecule has 6 heteroatoms. The standard InChI is InChI=1S/C15H20N2O4/c16-14(11-4-2-1-3-5-11)15(20)17-8-6-12(7-9-17)21-10-13(18)19/h1-5,12,14H,6-10,16H2,(H,18,19). The summed E-state index contributed by atoms with van der Waals surface area (Å²) in [6.07, 6.45) is 1.18. The van der Waals surface area contributed by atoms with Gasteiger partial charge in [-0.2, -0.15) is 0 Å². The molecule has 1 aliphatic rings. The molecule has 1 heterocycles. The van der Waals surface area contributed by atoms with Gasteiger partial charge >= 0.3 is 5.97 Å². The predicted octanol–water partition coefficient (Wildman–Crippen LogP) is 0.779. The van der Waals surface area contributed by atoms with Crippen LogP contribution in [0.3, 0.4) is 0 Å². The fourth-order valence-corrected chi connectivity index (χ4v) is 2.43. The van der Waals surface area contributed by atoms with Crippen LogP contribution in [0.1, 0.15) is 24.4 Å². The number of benzene rings is 1. The van der Waals surface area contributed by atoms with Crippen LogP contribution in [-0.2, 0) is 14.3 Å². The number of likely N-dealkylation sites (tertiary alicyclic amines) is 1. The lowest BCUT2D eigenvalue weighted by molar-refractivity contribution is -0.147. The van der Waals surface area contributed by atoms with Gasteiger partial charge in [0.15, 0.2) is 0 Å². The molecule has 1 unspecified atom stereocenters. The van der Waals surface area contributed by atoms with Crippen LogP contribution in [0.5, 0.6) is 0 Å². The van der Waals surface area contributed by atoms with Crippen molar-refractivity contribution < 1.29 is 19.4 Å². The van der Waals surface area contributed by atoms with Crippen molar-refractivity contribution in [2.24, 2.45) is 5.73 Å². The van der Waals surface area contributed by atoms with Crippen molar-refractivity contribution in [3.63, 3.8) is 0 Å². The minimum atomic E-state index is -0.973. The van der Waals surface area contributed by atoms with E-state index >= 15 is 0 Å². The Bertz CT molecular complexity index is 484. The van der Waals surface area contributed by atoms with Crippen molar-refractivity contribution in [3.05, 3.63) is 35.9 Å². The topological polar surface area (TPSA) is 92.9 Å². The molecule has 1 aromatic carbocycles. The number of piperidine rings is 1. The van der Waals surface area contributed by atoms with Crippen LogP contribution in [-0.4, -0.2) is 47.7 Å². The summed E-state index contributed by atoms with van der Waals surface area (Å²) in [4.78, 5) is 24.5. The number of hydrogen-bond donors (Lipinski definition) is 2. The molecule has 0 radical (unpaired) electrons. The number of carboxylic acids is 1. The molecule has 6 nitrogen and oxygen atoms in total. The highest BCUT2D eigenvalue weighted by atomic mass is 16.5. The molecule has 0 aromatic heterocycles. The molecule has 0 aliphatic carbocycles. The molecule has 3 N–H and O–H groups in total. The highest BCUT2D eigenvalue weighted by Crippen LogP contribution is 2.18. The van der Waals surface area contributed by atoms with Gasteiger partial charge in [0.2, 0.25) is 5.91 Å². The van der Waals surface area contributed by atoms with E-state index in [2.05, 4.69) is 0 Å². The molecule has 1 fully saturated rings. The summed E-state index contributed by atoms with van der Waals surface area (Å²) in [5.74, 6) is -1.07. The summed E-state index contributed by atoms with van der Waals surface area (Å²) >= 11 is 0. The lowest BCUT2D eigenvalue weighted by Gasteiger charge is -2.33. The first kappa shape index (κ1) is 15.5. The number of ether oxygens (including phenoxy) is 1. The first-order valence-corrected chi connectivity index (χ1v) is 7.00. The molecular weight excluding hydrogens is 272 g/mol. The van der Waals surface area contributed by atoms with Gasteiger partial charge in [-0.1, -0.05) is 30.3 Å². The highest BCUT2D eigenvalue weighted by molar-refractivity contribution is 5.83. The van der Waals surface area contributed by atoms with E-state index in [1.165, 1.54) is 0 Å². The minimum absolute atomic E-state index is 0.0990. The van der Waals surface area contributed by atoms with Crippen LogP contribution in [0.2, 0.25) is 0 Å². The molecule has 1 aromatic rings. The third kappa shape index (κ3) is 4.27. The predicted molar refractivity (Wildman–Crippen MR) is 76.6 cm³/mol. The first-order valence-electron chi connectivity index (χ1n) is 7.00. The maximum atomic E-state index is 12.3. The van der Waals surface area contributed by atoms with Crippen molar-refractivity contribution in [3.8, 4) is 0 Å². The van der Waals surface area contributed by atoms with Gasteiger partial charge < -0.3 is 20.5 Å². The van der Waals surface area contributed by atoms with Crippen molar-refractivity contribution in [2.45, 2.75) is 25.0 Å².